The Labute approximate surface area is 190 Å². The molecular formula is C24H20N4O4S. The normalized spacial score (nSPS) is 11.4. The van der Waals surface area contributed by atoms with E-state index in [4.69, 9.17) is 12.2 Å². The Hall–Kier alpha value is -4.16. The molecule has 3 N–H and O–H groups in total. The van der Waals surface area contributed by atoms with Gasteiger partial charge in [0.25, 0.3) is 5.56 Å². The molecule has 3 heterocycles. The standard InChI is InChI=1S/C24H20N4O4S/c1-3-15-6-7-19-18(11-15)22(17-5-4-9-27-24(17)30)23(20(29)14-33(2,31)32)28(19)13-16-8-10-26-21(25)12-16/h1,4-12H,13-14H2,2H3,(H2,25,26)(H,27,30). The summed E-state index contributed by atoms with van der Waals surface area (Å²) in [6.07, 6.45) is 9.62. The van der Waals surface area contributed by atoms with E-state index < -0.39 is 26.9 Å². The number of benzene rings is 1. The van der Waals surface area contributed by atoms with Crippen molar-refractivity contribution in [2.45, 2.75) is 6.54 Å². The van der Waals surface area contributed by atoms with Crippen LogP contribution < -0.4 is 11.3 Å². The van der Waals surface area contributed by atoms with Gasteiger partial charge in [-0.25, -0.2) is 13.4 Å². The molecular weight excluding hydrogens is 440 g/mol. The molecule has 0 bridgehead atoms. The van der Waals surface area contributed by atoms with E-state index in [1.54, 1.807) is 53.2 Å². The van der Waals surface area contributed by atoms with Crippen LogP contribution >= 0.6 is 0 Å². The van der Waals surface area contributed by atoms with Gasteiger partial charge in [-0.05, 0) is 48.0 Å². The van der Waals surface area contributed by atoms with Crippen molar-refractivity contribution in [1.82, 2.24) is 14.5 Å². The minimum Gasteiger partial charge on any atom is -0.384 e. The number of carbonyl (C=O) groups excluding carboxylic acids is 1. The Balaban J connectivity index is 2.11. The van der Waals surface area contributed by atoms with Crippen molar-refractivity contribution in [3.05, 3.63) is 82.0 Å². The van der Waals surface area contributed by atoms with Gasteiger partial charge in [-0.15, -0.1) is 6.42 Å². The van der Waals surface area contributed by atoms with E-state index in [9.17, 15) is 18.0 Å². The molecule has 0 atom stereocenters. The minimum absolute atomic E-state index is 0.108. The lowest BCUT2D eigenvalue weighted by Crippen LogP contribution is -2.20. The molecule has 3 aromatic heterocycles. The number of sulfone groups is 1. The summed E-state index contributed by atoms with van der Waals surface area (Å²) in [6.45, 7) is 0.203. The molecule has 0 aliphatic carbocycles. The Morgan fingerprint density at radius 3 is 2.70 bits per heavy atom. The molecule has 33 heavy (non-hydrogen) atoms. The number of aromatic amines is 1. The van der Waals surface area contributed by atoms with Crippen LogP contribution in [0.15, 0.2) is 59.7 Å². The summed E-state index contributed by atoms with van der Waals surface area (Å²) >= 11 is 0. The first-order chi connectivity index (χ1) is 15.7. The van der Waals surface area contributed by atoms with E-state index in [1.807, 2.05) is 0 Å². The highest BCUT2D eigenvalue weighted by atomic mass is 32.2. The topological polar surface area (TPSA) is 128 Å². The average molecular weight is 461 g/mol. The number of ketones is 1. The first kappa shape index (κ1) is 22.0. The summed E-state index contributed by atoms with van der Waals surface area (Å²) in [5, 5.41) is 0.570. The summed E-state index contributed by atoms with van der Waals surface area (Å²) in [4.78, 5) is 32.7. The molecule has 0 radical (unpaired) electrons. The Morgan fingerprint density at radius 2 is 2.03 bits per heavy atom. The van der Waals surface area contributed by atoms with Crippen molar-refractivity contribution in [1.29, 1.82) is 0 Å². The van der Waals surface area contributed by atoms with E-state index in [-0.39, 0.29) is 17.8 Å². The molecule has 0 unspecified atom stereocenters. The van der Waals surface area contributed by atoms with Gasteiger partial charge < -0.3 is 15.3 Å². The van der Waals surface area contributed by atoms with Gasteiger partial charge >= 0.3 is 0 Å². The van der Waals surface area contributed by atoms with Gasteiger partial charge in [0.1, 0.15) is 11.6 Å². The Morgan fingerprint density at radius 1 is 1.24 bits per heavy atom. The molecule has 0 spiro atoms. The quantitative estimate of drug-likeness (QED) is 0.335. The Kier molecular flexibility index (Phi) is 5.62. The van der Waals surface area contributed by atoms with Crippen molar-refractivity contribution in [3.8, 4) is 23.5 Å². The number of nitrogens with one attached hydrogen (secondary N) is 1. The van der Waals surface area contributed by atoms with Crippen molar-refractivity contribution in [2.24, 2.45) is 0 Å². The number of aromatic nitrogens is 3. The van der Waals surface area contributed by atoms with Crippen LogP contribution in [0.5, 0.6) is 0 Å². The fraction of sp³-hybridized carbons (Fsp3) is 0.125. The zero-order valence-electron chi connectivity index (χ0n) is 17.7. The zero-order valence-corrected chi connectivity index (χ0v) is 18.5. The van der Waals surface area contributed by atoms with Crippen molar-refractivity contribution in [2.75, 3.05) is 17.7 Å². The van der Waals surface area contributed by atoms with Crippen LogP contribution in [-0.2, 0) is 16.4 Å². The van der Waals surface area contributed by atoms with Gasteiger partial charge in [0, 0.05) is 52.8 Å². The van der Waals surface area contributed by atoms with Crippen LogP contribution in [0.25, 0.3) is 22.0 Å². The van der Waals surface area contributed by atoms with Crippen LogP contribution in [0, 0.1) is 12.3 Å². The number of pyridine rings is 2. The summed E-state index contributed by atoms with van der Waals surface area (Å²) in [7, 11) is -3.64. The molecule has 4 rings (SSSR count). The number of hydrogen-bond acceptors (Lipinski definition) is 6. The summed E-state index contributed by atoms with van der Waals surface area (Å²) in [5.41, 5.74) is 8.03. The largest absolute Gasteiger partial charge is 0.384 e. The molecule has 166 valence electrons. The van der Waals surface area contributed by atoms with Gasteiger partial charge in [-0.3, -0.25) is 9.59 Å². The predicted molar refractivity (Wildman–Crippen MR) is 128 cm³/mol. The lowest BCUT2D eigenvalue weighted by atomic mass is 10.0. The number of carbonyl (C=O) groups is 1. The second kappa shape index (κ2) is 8.41. The monoisotopic (exact) mass is 460 g/mol. The second-order valence-corrected chi connectivity index (χ2v) is 9.82. The van der Waals surface area contributed by atoms with Gasteiger partial charge in [-0.2, -0.15) is 0 Å². The molecule has 0 aliphatic heterocycles. The van der Waals surface area contributed by atoms with Crippen molar-refractivity contribution < 1.29 is 13.2 Å². The predicted octanol–water partition coefficient (Wildman–Crippen LogP) is 2.23. The molecule has 0 aliphatic rings. The van der Waals surface area contributed by atoms with Crippen LogP contribution in [0.1, 0.15) is 21.6 Å². The maximum atomic E-state index is 13.4. The third kappa shape index (κ3) is 4.42. The van der Waals surface area contributed by atoms with Crippen molar-refractivity contribution in [3.63, 3.8) is 0 Å². The van der Waals surface area contributed by atoms with E-state index >= 15 is 0 Å². The molecule has 0 amide bonds. The number of nitrogens with two attached hydrogens (primary N) is 1. The number of nitrogens with zero attached hydrogens (tertiary/aromatic N) is 2. The maximum Gasteiger partial charge on any atom is 0.255 e. The zero-order chi connectivity index (χ0) is 23.8. The maximum absolute atomic E-state index is 13.4. The number of Topliss-reactive ketones (excluding diaryl/α,β-unsaturated/α-hetero) is 1. The fourth-order valence-corrected chi connectivity index (χ4v) is 4.48. The van der Waals surface area contributed by atoms with Gasteiger partial charge in [0.2, 0.25) is 0 Å². The molecule has 4 aromatic rings. The highest BCUT2D eigenvalue weighted by molar-refractivity contribution is 7.91. The SMILES string of the molecule is C#Cc1ccc2c(c1)c(-c1ccc[nH]c1=O)c(C(=O)CS(C)(=O)=O)n2Cc1ccnc(N)c1. The molecule has 8 nitrogen and oxygen atoms in total. The highest BCUT2D eigenvalue weighted by Crippen LogP contribution is 2.35. The second-order valence-electron chi connectivity index (χ2n) is 7.68. The number of hydrogen-bond donors (Lipinski definition) is 2. The number of terminal acetylenes is 1. The lowest BCUT2D eigenvalue weighted by Gasteiger charge is -2.12. The van der Waals surface area contributed by atoms with E-state index in [1.165, 1.54) is 6.20 Å². The summed E-state index contributed by atoms with van der Waals surface area (Å²) in [5.74, 6) is 1.54. The van der Waals surface area contributed by atoms with E-state index in [0.717, 1.165) is 11.8 Å². The fourth-order valence-electron chi connectivity index (χ4n) is 3.87. The molecule has 0 saturated carbocycles. The number of H-pyrrole nitrogens is 1. The van der Waals surface area contributed by atoms with Crippen LogP contribution in [0.3, 0.4) is 0 Å². The average Bonchev–Trinajstić information content (AvgIpc) is 3.06. The molecule has 0 fully saturated rings. The van der Waals surface area contributed by atoms with E-state index in [2.05, 4.69) is 15.9 Å². The first-order valence-corrected chi connectivity index (χ1v) is 12.0. The third-order valence-corrected chi connectivity index (χ3v) is 5.95. The van der Waals surface area contributed by atoms with Crippen LogP contribution in [-0.4, -0.2) is 40.7 Å². The van der Waals surface area contributed by atoms with Crippen LogP contribution in [0.4, 0.5) is 5.82 Å². The first-order valence-electron chi connectivity index (χ1n) is 9.90. The lowest BCUT2D eigenvalue weighted by molar-refractivity contribution is 0.101. The Bertz CT molecular complexity index is 1610. The number of fused-ring (bicyclic) bond motifs is 1. The highest BCUT2D eigenvalue weighted by Gasteiger charge is 2.27. The van der Waals surface area contributed by atoms with Crippen LogP contribution in [0.2, 0.25) is 0 Å². The van der Waals surface area contributed by atoms with Gasteiger partial charge in [-0.1, -0.05) is 5.92 Å². The van der Waals surface area contributed by atoms with Gasteiger partial charge in [0.05, 0.1) is 5.69 Å². The molecule has 9 heteroatoms. The molecule has 0 saturated heterocycles. The number of nitrogen functional groups attached to an aromatic ring is 1. The van der Waals surface area contributed by atoms with Gasteiger partial charge in [0.15, 0.2) is 15.6 Å². The smallest absolute Gasteiger partial charge is 0.255 e. The number of anilines is 1. The number of rotatable bonds is 6. The molecule has 1 aromatic carbocycles. The third-order valence-electron chi connectivity index (χ3n) is 5.16. The minimum atomic E-state index is -3.64. The van der Waals surface area contributed by atoms with E-state index in [0.29, 0.717) is 27.8 Å². The summed E-state index contributed by atoms with van der Waals surface area (Å²) < 4.78 is 25.7. The summed E-state index contributed by atoms with van der Waals surface area (Å²) in [6, 6.07) is 11.8. The van der Waals surface area contributed by atoms with Crippen molar-refractivity contribution >= 4 is 32.3 Å².